The predicted octanol–water partition coefficient (Wildman–Crippen LogP) is 5.42. The van der Waals surface area contributed by atoms with E-state index in [2.05, 4.69) is 43.3 Å². The molecule has 0 bridgehead atoms. The predicted molar refractivity (Wildman–Crippen MR) is 83.8 cm³/mol. The molecule has 0 radical (unpaired) electrons. The molecule has 0 unspecified atom stereocenters. The van der Waals surface area contributed by atoms with Crippen molar-refractivity contribution in [2.24, 2.45) is 0 Å². The normalized spacial score (nSPS) is 10.9. The molecule has 20 heavy (non-hydrogen) atoms. The Balaban J connectivity index is 2.22. The SMILES string of the molecule is CCCCCc1noc(-c2ccccc2)c1CCCC. The fraction of sp³-hybridized carbons (Fsp3) is 0.500. The molecule has 108 valence electrons. The Kier molecular flexibility index (Phi) is 5.85. The third-order valence-electron chi connectivity index (χ3n) is 3.70. The van der Waals surface area contributed by atoms with Gasteiger partial charge in [-0.1, -0.05) is 68.6 Å². The average Bonchev–Trinajstić information content (AvgIpc) is 2.89. The quantitative estimate of drug-likeness (QED) is 0.599. The summed E-state index contributed by atoms with van der Waals surface area (Å²) in [6.45, 7) is 4.46. The van der Waals surface area contributed by atoms with E-state index in [-0.39, 0.29) is 0 Å². The first-order chi connectivity index (χ1) is 9.86. The second-order valence-corrected chi connectivity index (χ2v) is 5.36. The first kappa shape index (κ1) is 14.8. The molecule has 1 aromatic carbocycles. The van der Waals surface area contributed by atoms with E-state index in [1.54, 1.807) is 0 Å². The van der Waals surface area contributed by atoms with Gasteiger partial charge in [-0.15, -0.1) is 0 Å². The van der Waals surface area contributed by atoms with Crippen LogP contribution in [0.1, 0.15) is 57.2 Å². The van der Waals surface area contributed by atoms with Crippen LogP contribution in [0, 0.1) is 0 Å². The lowest BCUT2D eigenvalue weighted by molar-refractivity contribution is 0.422. The van der Waals surface area contributed by atoms with Crippen LogP contribution in [-0.2, 0) is 12.8 Å². The summed E-state index contributed by atoms with van der Waals surface area (Å²) in [6, 6.07) is 10.3. The molecule has 2 aromatic rings. The minimum atomic E-state index is 0.977. The zero-order valence-corrected chi connectivity index (χ0v) is 12.7. The fourth-order valence-corrected chi connectivity index (χ4v) is 2.51. The molecular weight excluding hydrogens is 246 g/mol. The van der Waals surface area contributed by atoms with Crippen LogP contribution in [0.5, 0.6) is 0 Å². The molecule has 0 saturated carbocycles. The van der Waals surface area contributed by atoms with Crippen LogP contribution in [0.3, 0.4) is 0 Å². The van der Waals surface area contributed by atoms with Gasteiger partial charge >= 0.3 is 0 Å². The highest BCUT2D eigenvalue weighted by Gasteiger charge is 2.16. The van der Waals surface area contributed by atoms with Gasteiger partial charge in [-0.05, 0) is 25.7 Å². The molecule has 1 heterocycles. The van der Waals surface area contributed by atoms with Crippen LogP contribution in [0.15, 0.2) is 34.9 Å². The van der Waals surface area contributed by atoms with Gasteiger partial charge in [-0.2, -0.15) is 0 Å². The third kappa shape index (κ3) is 3.72. The molecule has 0 amide bonds. The Morgan fingerprint density at radius 1 is 0.900 bits per heavy atom. The molecule has 0 aliphatic carbocycles. The van der Waals surface area contributed by atoms with Gasteiger partial charge in [-0.25, -0.2) is 0 Å². The van der Waals surface area contributed by atoms with Crippen LogP contribution >= 0.6 is 0 Å². The van der Waals surface area contributed by atoms with Gasteiger partial charge in [0.05, 0.1) is 5.69 Å². The van der Waals surface area contributed by atoms with Crippen molar-refractivity contribution in [1.82, 2.24) is 5.16 Å². The zero-order valence-electron chi connectivity index (χ0n) is 12.7. The van der Waals surface area contributed by atoms with Crippen LogP contribution in [-0.4, -0.2) is 5.16 Å². The first-order valence-corrected chi connectivity index (χ1v) is 7.89. The fourth-order valence-electron chi connectivity index (χ4n) is 2.51. The Bertz CT molecular complexity index is 501. The Morgan fingerprint density at radius 2 is 1.65 bits per heavy atom. The van der Waals surface area contributed by atoms with Gasteiger partial charge < -0.3 is 4.52 Å². The van der Waals surface area contributed by atoms with Crippen molar-refractivity contribution in [2.45, 2.75) is 58.8 Å². The Hall–Kier alpha value is -1.57. The largest absolute Gasteiger partial charge is 0.356 e. The van der Waals surface area contributed by atoms with E-state index in [0.29, 0.717) is 0 Å². The smallest absolute Gasteiger partial charge is 0.170 e. The number of hydrogen-bond donors (Lipinski definition) is 0. The third-order valence-corrected chi connectivity index (χ3v) is 3.70. The first-order valence-electron chi connectivity index (χ1n) is 7.89. The Morgan fingerprint density at radius 3 is 2.35 bits per heavy atom. The maximum Gasteiger partial charge on any atom is 0.170 e. The summed E-state index contributed by atoms with van der Waals surface area (Å²) in [5, 5.41) is 4.34. The van der Waals surface area contributed by atoms with Crippen LogP contribution in [0.25, 0.3) is 11.3 Å². The second kappa shape index (κ2) is 7.88. The molecule has 2 nitrogen and oxygen atoms in total. The molecule has 2 rings (SSSR count). The molecule has 0 aliphatic rings. The molecule has 0 aliphatic heterocycles. The monoisotopic (exact) mass is 271 g/mol. The number of aryl methyl sites for hydroxylation is 1. The molecule has 0 spiro atoms. The van der Waals surface area contributed by atoms with Gasteiger partial charge in [0.15, 0.2) is 5.76 Å². The number of aromatic nitrogens is 1. The van der Waals surface area contributed by atoms with Gasteiger partial charge in [0.25, 0.3) is 0 Å². The van der Waals surface area contributed by atoms with Crippen molar-refractivity contribution < 1.29 is 4.52 Å². The Labute approximate surface area is 122 Å². The van der Waals surface area contributed by atoms with E-state index in [4.69, 9.17) is 4.52 Å². The minimum absolute atomic E-state index is 0.977. The van der Waals surface area contributed by atoms with Crippen molar-refractivity contribution in [3.8, 4) is 11.3 Å². The zero-order chi connectivity index (χ0) is 14.2. The minimum Gasteiger partial charge on any atom is -0.356 e. The maximum atomic E-state index is 5.66. The summed E-state index contributed by atoms with van der Waals surface area (Å²) in [4.78, 5) is 0. The maximum absolute atomic E-state index is 5.66. The summed E-state index contributed by atoms with van der Waals surface area (Å²) >= 11 is 0. The van der Waals surface area contributed by atoms with Crippen molar-refractivity contribution in [3.63, 3.8) is 0 Å². The molecule has 0 fully saturated rings. The number of unbranched alkanes of at least 4 members (excludes halogenated alkanes) is 3. The number of hydrogen-bond acceptors (Lipinski definition) is 2. The van der Waals surface area contributed by atoms with E-state index < -0.39 is 0 Å². The highest BCUT2D eigenvalue weighted by atomic mass is 16.5. The van der Waals surface area contributed by atoms with Crippen LogP contribution < -0.4 is 0 Å². The second-order valence-electron chi connectivity index (χ2n) is 5.36. The van der Waals surface area contributed by atoms with Crippen LogP contribution in [0.2, 0.25) is 0 Å². The lowest BCUT2D eigenvalue weighted by Gasteiger charge is -2.03. The summed E-state index contributed by atoms with van der Waals surface area (Å²) in [5.41, 5.74) is 3.65. The molecule has 0 atom stereocenters. The topological polar surface area (TPSA) is 26.0 Å². The van der Waals surface area contributed by atoms with Gasteiger partial charge in [-0.3, -0.25) is 0 Å². The highest BCUT2D eigenvalue weighted by Crippen LogP contribution is 2.28. The van der Waals surface area contributed by atoms with E-state index in [1.165, 1.54) is 43.4 Å². The van der Waals surface area contributed by atoms with Crippen LogP contribution in [0.4, 0.5) is 0 Å². The van der Waals surface area contributed by atoms with E-state index >= 15 is 0 Å². The van der Waals surface area contributed by atoms with E-state index in [1.807, 2.05) is 6.07 Å². The summed E-state index contributed by atoms with van der Waals surface area (Å²) < 4.78 is 5.66. The lowest BCUT2D eigenvalue weighted by atomic mass is 9.99. The van der Waals surface area contributed by atoms with Crippen molar-refractivity contribution in [1.29, 1.82) is 0 Å². The summed E-state index contributed by atoms with van der Waals surface area (Å²) in [5.74, 6) is 0.977. The van der Waals surface area contributed by atoms with Gasteiger partial charge in [0.1, 0.15) is 0 Å². The molecule has 1 aromatic heterocycles. The number of nitrogens with zero attached hydrogens (tertiary/aromatic N) is 1. The highest BCUT2D eigenvalue weighted by molar-refractivity contribution is 5.61. The molecule has 0 N–H and O–H groups in total. The molecule has 0 saturated heterocycles. The van der Waals surface area contributed by atoms with Gasteiger partial charge in [0, 0.05) is 11.1 Å². The standard InChI is InChI=1S/C18H25NO/c1-3-5-8-14-17-16(13-6-4-2)18(20-19-17)15-11-9-7-10-12-15/h7,9-12H,3-6,8,13-14H2,1-2H3. The summed E-state index contributed by atoms with van der Waals surface area (Å²) in [7, 11) is 0. The van der Waals surface area contributed by atoms with E-state index in [9.17, 15) is 0 Å². The number of benzene rings is 1. The molecular formula is C18H25NO. The van der Waals surface area contributed by atoms with Crippen molar-refractivity contribution in [3.05, 3.63) is 41.6 Å². The lowest BCUT2D eigenvalue weighted by Crippen LogP contribution is -1.94. The number of rotatable bonds is 8. The molecule has 2 heteroatoms. The average molecular weight is 271 g/mol. The van der Waals surface area contributed by atoms with Gasteiger partial charge in [0.2, 0.25) is 0 Å². The summed E-state index contributed by atoms with van der Waals surface area (Å²) in [6.07, 6.45) is 8.23. The van der Waals surface area contributed by atoms with Crippen molar-refractivity contribution >= 4 is 0 Å². The van der Waals surface area contributed by atoms with E-state index in [0.717, 1.165) is 24.2 Å². The van der Waals surface area contributed by atoms with Crippen molar-refractivity contribution in [2.75, 3.05) is 0 Å².